The van der Waals surface area contributed by atoms with Gasteiger partial charge in [0.05, 0.1) is 59.5 Å². The van der Waals surface area contributed by atoms with Gasteiger partial charge in [0, 0.05) is 48.8 Å². The number of aliphatic hydroxyl groups is 3. The first kappa shape index (κ1) is 43.7. The minimum atomic E-state index is -2.81. The monoisotopic (exact) mass is 864 g/mol. The van der Waals surface area contributed by atoms with Crippen molar-refractivity contribution in [2.75, 3.05) is 0 Å². The number of phenols is 1. The third kappa shape index (κ3) is 6.92. The van der Waals surface area contributed by atoms with Crippen molar-refractivity contribution >= 4 is 23.1 Å². The second kappa shape index (κ2) is 15.6. The first-order chi connectivity index (χ1) is 29.3. The fraction of sp³-hybridized carbons (Fsp3) is 0.652. The van der Waals surface area contributed by atoms with E-state index in [1.807, 2.05) is 13.8 Å². The quantitative estimate of drug-likeness (QED) is 0.307. The summed E-state index contributed by atoms with van der Waals surface area (Å²) in [5.74, 6) is -3.24. The van der Waals surface area contributed by atoms with Gasteiger partial charge in [-0.25, -0.2) is 0 Å². The Bertz CT molecular complexity index is 2150. The lowest BCUT2D eigenvalue weighted by Crippen LogP contribution is -2.69. The van der Waals surface area contributed by atoms with Gasteiger partial charge in [-0.1, -0.05) is 25.5 Å². The van der Waals surface area contributed by atoms with Gasteiger partial charge in [0.15, 0.2) is 47.6 Å². The van der Waals surface area contributed by atoms with Gasteiger partial charge in [0.1, 0.15) is 29.2 Å². The Labute approximate surface area is 359 Å². The highest BCUT2D eigenvalue weighted by molar-refractivity contribution is 6.32. The highest BCUT2D eigenvalue weighted by atomic mass is 16.7. The number of ether oxygens (including phenoxy) is 8. The summed E-state index contributed by atoms with van der Waals surface area (Å²) in [5.41, 5.74) is -8.59. The number of aliphatic hydroxyl groups excluding tert-OH is 1. The smallest absolute Gasteiger partial charge is 0.198 e. The van der Waals surface area contributed by atoms with Gasteiger partial charge in [0.25, 0.3) is 0 Å². The highest BCUT2D eigenvalue weighted by Gasteiger charge is 2.67. The Kier molecular flexibility index (Phi) is 11.0. The summed E-state index contributed by atoms with van der Waals surface area (Å²) in [7, 11) is 0. The Balaban J connectivity index is 0.920. The maximum absolute atomic E-state index is 14.5. The second-order valence-electron chi connectivity index (χ2n) is 18.7. The number of allylic oxidation sites excluding steroid dienone is 2. The molecule has 0 bridgehead atoms. The summed E-state index contributed by atoms with van der Waals surface area (Å²) >= 11 is 0. The number of hydrogen-bond donors (Lipinski definition) is 4. The predicted molar refractivity (Wildman–Crippen MR) is 214 cm³/mol. The maximum Gasteiger partial charge on any atom is 0.198 e. The second-order valence-corrected chi connectivity index (χ2v) is 18.7. The number of aromatic hydroxyl groups is 1. The Morgan fingerprint density at radius 2 is 1.68 bits per heavy atom. The Morgan fingerprint density at radius 3 is 2.40 bits per heavy atom. The normalized spacial score (nSPS) is 45.2. The van der Waals surface area contributed by atoms with Gasteiger partial charge in [-0.05, 0) is 71.8 Å². The van der Waals surface area contributed by atoms with Crippen molar-refractivity contribution in [2.24, 2.45) is 0 Å². The lowest BCUT2D eigenvalue weighted by Gasteiger charge is -2.56. The van der Waals surface area contributed by atoms with E-state index < -0.39 is 125 Å². The predicted octanol–water partition coefficient (Wildman–Crippen LogP) is 3.69. The molecule has 0 aromatic heterocycles. The van der Waals surface area contributed by atoms with E-state index >= 15 is 0 Å². The summed E-state index contributed by atoms with van der Waals surface area (Å²) in [6.45, 7) is 10.7. The number of carbonyl (C=O) groups is 4. The van der Waals surface area contributed by atoms with Gasteiger partial charge in [-0.3, -0.25) is 19.2 Å². The third-order valence-electron chi connectivity index (χ3n) is 14.2. The van der Waals surface area contributed by atoms with E-state index in [1.165, 1.54) is 24.3 Å². The van der Waals surface area contributed by atoms with Crippen LogP contribution in [-0.4, -0.2) is 134 Å². The first-order valence-corrected chi connectivity index (χ1v) is 21.9. The molecule has 16 nitrogen and oxygen atoms in total. The van der Waals surface area contributed by atoms with E-state index in [1.54, 1.807) is 33.8 Å². The average Bonchev–Trinajstić information content (AvgIpc) is 3.20. The molecule has 16 atom stereocenters. The molecular formula is C46H56O16. The fourth-order valence-electron chi connectivity index (χ4n) is 11.0. The SMILES string of the molecule is CCCC12CC(O)C(C)OC1OC1C(C)OC(c3ccc4c(c3O)C(=O)C3=C(C4=O)C4(O)C(=O)CC(C)(OC5CCC(OC6C=CC(=O)C(C)O6)C(C)O5)CC4(O)C=C3)CC1O2. The molecule has 4 saturated heterocycles. The van der Waals surface area contributed by atoms with Crippen molar-refractivity contribution in [3.05, 3.63) is 64.3 Å². The van der Waals surface area contributed by atoms with Crippen LogP contribution in [0.15, 0.2) is 47.6 Å². The molecule has 1 aromatic rings. The summed E-state index contributed by atoms with van der Waals surface area (Å²) in [5, 5.41) is 47.1. The highest BCUT2D eigenvalue weighted by Crippen LogP contribution is 2.54. The molecule has 5 heterocycles. The van der Waals surface area contributed by atoms with Crippen LogP contribution in [0.25, 0.3) is 0 Å². The van der Waals surface area contributed by atoms with Crippen molar-refractivity contribution in [1.29, 1.82) is 0 Å². The summed E-state index contributed by atoms with van der Waals surface area (Å²) in [6.07, 6.45) is 0.0634. The molecule has 9 rings (SSSR count). The van der Waals surface area contributed by atoms with Crippen LogP contribution in [0.1, 0.15) is 125 Å². The van der Waals surface area contributed by atoms with E-state index in [9.17, 15) is 39.6 Å². The molecule has 1 aromatic carbocycles. The topological polar surface area (TPSA) is 223 Å². The molecule has 336 valence electrons. The van der Waals surface area contributed by atoms with E-state index in [0.717, 1.165) is 12.5 Å². The van der Waals surface area contributed by atoms with Crippen molar-refractivity contribution in [1.82, 2.24) is 0 Å². The lowest BCUT2D eigenvalue weighted by atomic mass is 9.57. The van der Waals surface area contributed by atoms with Gasteiger partial charge in [-0.2, -0.15) is 0 Å². The standard InChI is InChI=1S/C46H56O16/c1-7-15-44-18-29(48)22(3)58-42(44)60-41-24(5)55-31(17-32(41)61-44)25-8-9-26-36(38(25)50)39(51)27-14-16-45(53)20-43(6,19-33(49)46(45,54)37(27)40(26)52)62-35-13-11-30(23(4)57-35)59-34-12-10-28(47)21(2)56-34/h8-10,12,14,16,21-24,29-32,34-35,41-42,48,50,53-54H,7,11,13,15,17-20H2,1-6H3. The van der Waals surface area contributed by atoms with Crippen molar-refractivity contribution in [3.8, 4) is 5.75 Å². The largest absolute Gasteiger partial charge is 0.507 e. The zero-order chi connectivity index (χ0) is 44.3. The third-order valence-corrected chi connectivity index (χ3v) is 14.2. The summed E-state index contributed by atoms with van der Waals surface area (Å²) in [4.78, 5) is 54.9. The van der Waals surface area contributed by atoms with Gasteiger partial charge in [-0.15, -0.1) is 0 Å². The minimum Gasteiger partial charge on any atom is -0.507 e. The molecule has 3 aliphatic carbocycles. The molecule has 4 N–H and O–H groups in total. The van der Waals surface area contributed by atoms with Crippen LogP contribution < -0.4 is 0 Å². The van der Waals surface area contributed by atoms with Crippen LogP contribution in [0.3, 0.4) is 0 Å². The molecule has 0 amide bonds. The molecule has 5 aliphatic heterocycles. The number of phenolic OH excluding ortho intramolecular Hbond substituents is 1. The van der Waals surface area contributed by atoms with E-state index in [0.29, 0.717) is 25.7 Å². The van der Waals surface area contributed by atoms with Crippen molar-refractivity contribution in [3.63, 3.8) is 0 Å². The Hall–Kier alpha value is -3.52. The first-order valence-electron chi connectivity index (χ1n) is 21.9. The molecular weight excluding hydrogens is 808 g/mol. The molecule has 16 unspecified atom stereocenters. The van der Waals surface area contributed by atoms with Gasteiger partial charge >= 0.3 is 0 Å². The number of Topliss-reactive ketones (excluding diaryl/α,β-unsaturated/α-hetero) is 3. The van der Waals surface area contributed by atoms with E-state index in [2.05, 4.69) is 0 Å². The lowest BCUT2D eigenvalue weighted by molar-refractivity contribution is -0.401. The van der Waals surface area contributed by atoms with Gasteiger partial charge < -0.3 is 58.3 Å². The van der Waals surface area contributed by atoms with Gasteiger partial charge in [0.2, 0.25) is 0 Å². The molecule has 0 radical (unpaired) electrons. The summed E-state index contributed by atoms with van der Waals surface area (Å²) in [6, 6.07) is 2.85. The molecule has 8 aliphatic rings. The van der Waals surface area contributed by atoms with Crippen LogP contribution in [0.5, 0.6) is 5.75 Å². The number of hydrogen-bond acceptors (Lipinski definition) is 16. The van der Waals surface area contributed by atoms with E-state index in [4.69, 9.17) is 37.9 Å². The molecule has 16 heteroatoms. The van der Waals surface area contributed by atoms with Crippen LogP contribution in [-0.2, 0) is 47.5 Å². The number of rotatable bonds is 7. The number of ketones is 4. The van der Waals surface area contributed by atoms with Crippen LogP contribution >= 0.6 is 0 Å². The van der Waals surface area contributed by atoms with Crippen LogP contribution in [0.4, 0.5) is 0 Å². The molecule has 5 fully saturated rings. The zero-order valence-corrected chi connectivity index (χ0v) is 35.7. The molecule has 1 saturated carbocycles. The fourth-order valence-corrected chi connectivity index (χ4v) is 11.0. The molecule has 62 heavy (non-hydrogen) atoms. The average molecular weight is 865 g/mol. The van der Waals surface area contributed by atoms with Crippen molar-refractivity contribution < 1.29 is 77.5 Å². The van der Waals surface area contributed by atoms with Crippen molar-refractivity contribution in [2.45, 2.75) is 189 Å². The van der Waals surface area contributed by atoms with Crippen LogP contribution in [0, 0.1) is 0 Å². The zero-order valence-electron chi connectivity index (χ0n) is 35.7. The number of benzene rings is 1. The molecule has 0 spiro atoms. The Morgan fingerprint density at radius 1 is 0.903 bits per heavy atom. The number of carbonyl (C=O) groups excluding carboxylic acids is 4. The summed E-state index contributed by atoms with van der Waals surface area (Å²) < 4.78 is 49.9. The maximum atomic E-state index is 14.5. The van der Waals surface area contributed by atoms with E-state index in [-0.39, 0.29) is 47.0 Å². The number of fused-ring (bicyclic) bond motifs is 5. The van der Waals surface area contributed by atoms with Crippen LogP contribution in [0.2, 0.25) is 0 Å². The minimum absolute atomic E-state index is 0.148.